The van der Waals surface area contributed by atoms with Crippen molar-refractivity contribution in [1.82, 2.24) is 10.2 Å². The second-order valence-electron chi connectivity index (χ2n) is 3.99. The third-order valence-corrected chi connectivity index (χ3v) is 2.84. The summed E-state index contributed by atoms with van der Waals surface area (Å²) in [6, 6.07) is 13.8. The summed E-state index contributed by atoms with van der Waals surface area (Å²) in [4.78, 5) is 0. The number of hydrogen-bond acceptors (Lipinski definition) is 3. The molecule has 0 bridgehead atoms. The van der Waals surface area contributed by atoms with Crippen LogP contribution in [0.15, 0.2) is 42.5 Å². The Bertz CT molecular complexity index is 667. The molecule has 3 aromatic rings. The number of anilines is 2. The number of nitrogens with two attached hydrogens (primary N) is 2. The predicted octanol–water partition coefficient (Wildman–Crippen LogP) is 2.39. The molecule has 0 spiro atoms. The van der Waals surface area contributed by atoms with Crippen molar-refractivity contribution in [2.75, 3.05) is 11.5 Å². The number of H-pyrrole nitrogens is 1. The number of hydrogen-bond donors (Lipinski definition) is 3. The molecular formula is C13H12N4. The van der Waals surface area contributed by atoms with E-state index in [9.17, 15) is 0 Å². The molecule has 0 saturated heterocycles. The Morgan fingerprint density at radius 2 is 1.59 bits per heavy atom. The molecule has 3 rings (SSSR count). The van der Waals surface area contributed by atoms with Gasteiger partial charge in [0.1, 0.15) is 0 Å². The molecule has 1 heterocycles. The highest BCUT2D eigenvalue weighted by Gasteiger charge is 2.04. The minimum atomic E-state index is 0.531. The number of benzene rings is 2. The van der Waals surface area contributed by atoms with Crippen LogP contribution in [0.1, 0.15) is 0 Å². The molecule has 4 nitrogen and oxygen atoms in total. The van der Waals surface area contributed by atoms with E-state index in [4.69, 9.17) is 11.5 Å². The first-order valence-electron chi connectivity index (χ1n) is 5.33. The lowest BCUT2D eigenvalue weighted by Crippen LogP contribution is -1.85. The van der Waals surface area contributed by atoms with Gasteiger partial charge in [0.15, 0.2) is 5.82 Å². The predicted molar refractivity (Wildman–Crippen MR) is 70.4 cm³/mol. The topological polar surface area (TPSA) is 80.7 Å². The number of nitrogen functional groups attached to an aromatic ring is 2. The molecule has 4 heteroatoms. The lowest BCUT2D eigenvalue weighted by Gasteiger charge is -2.02. The van der Waals surface area contributed by atoms with E-state index in [0.717, 1.165) is 27.7 Å². The highest BCUT2D eigenvalue weighted by molar-refractivity contribution is 5.91. The van der Waals surface area contributed by atoms with Crippen LogP contribution < -0.4 is 11.5 Å². The molecule has 5 N–H and O–H groups in total. The van der Waals surface area contributed by atoms with Gasteiger partial charge in [-0.3, -0.25) is 5.10 Å². The maximum atomic E-state index is 5.73. The van der Waals surface area contributed by atoms with Crippen molar-refractivity contribution < 1.29 is 0 Å². The van der Waals surface area contributed by atoms with E-state index in [2.05, 4.69) is 10.2 Å². The van der Waals surface area contributed by atoms with E-state index in [1.807, 2.05) is 42.5 Å². The average molecular weight is 224 g/mol. The standard InChI is InChI=1S/C13H12N4/c14-10-4-1-8(2-5-10)9-3-6-11-12(7-9)16-17-13(11)15/h1-7H,14H2,(H3,15,16,17). The summed E-state index contributed by atoms with van der Waals surface area (Å²) in [6.07, 6.45) is 0. The van der Waals surface area contributed by atoms with Gasteiger partial charge in [-0.25, -0.2) is 0 Å². The Morgan fingerprint density at radius 3 is 2.35 bits per heavy atom. The summed E-state index contributed by atoms with van der Waals surface area (Å²) in [6.45, 7) is 0. The van der Waals surface area contributed by atoms with Crippen LogP contribution in [-0.4, -0.2) is 10.2 Å². The van der Waals surface area contributed by atoms with Crippen molar-refractivity contribution in [1.29, 1.82) is 0 Å². The Hall–Kier alpha value is -2.49. The monoisotopic (exact) mass is 224 g/mol. The van der Waals surface area contributed by atoms with E-state index in [1.54, 1.807) is 0 Å². The maximum Gasteiger partial charge on any atom is 0.153 e. The van der Waals surface area contributed by atoms with Gasteiger partial charge in [-0.1, -0.05) is 18.2 Å². The zero-order valence-corrected chi connectivity index (χ0v) is 9.14. The molecule has 0 saturated carbocycles. The van der Waals surface area contributed by atoms with E-state index < -0.39 is 0 Å². The van der Waals surface area contributed by atoms with Crippen molar-refractivity contribution in [3.8, 4) is 11.1 Å². The van der Waals surface area contributed by atoms with Gasteiger partial charge >= 0.3 is 0 Å². The SMILES string of the molecule is Nc1ccc(-c2ccc3c(N)n[nH]c3c2)cc1. The van der Waals surface area contributed by atoms with Crippen molar-refractivity contribution in [2.45, 2.75) is 0 Å². The van der Waals surface area contributed by atoms with Crippen LogP contribution in [0.3, 0.4) is 0 Å². The van der Waals surface area contributed by atoms with Crippen molar-refractivity contribution in [2.24, 2.45) is 0 Å². The molecule has 0 fully saturated rings. The third-order valence-electron chi connectivity index (χ3n) is 2.84. The van der Waals surface area contributed by atoms with Gasteiger partial charge in [0.2, 0.25) is 0 Å². The van der Waals surface area contributed by atoms with Crippen LogP contribution in [0.4, 0.5) is 11.5 Å². The molecule has 84 valence electrons. The fourth-order valence-corrected chi connectivity index (χ4v) is 1.90. The van der Waals surface area contributed by atoms with Crippen LogP contribution >= 0.6 is 0 Å². The number of nitrogens with zero attached hydrogens (tertiary/aromatic N) is 1. The lowest BCUT2D eigenvalue weighted by molar-refractivity contribution is 1.13. The van der Waals surface area contributed by atoms with Crippen LogP contribution in [0.5, 0.6) is 0 Å². The van der Waals surface area contributed by atoms with Gasteiger partial charge in [0.25, 0.3) is 0 Å². The molecule has 0 aliphatic carbocycles. The number of nitrogens with one attached hydrogen (secondary N) is 1. The zero-order valence-electron chi connectivity index (χ0n) is 9.14. The fourth-order valence-electron chi connectivity index (χ4n) is 1.90. The summed E-state index contributed by atoms with van der Waals surface area (Å²) >= 11 is 0. The minimum Gasteiger partial charge on any atom is -0.399 e. The molecule has 0 unspecified atom stereocenters. The first-order chi connectivity index (χ1) is 8.24. The van der Waals surface area contributed by atoms with Gasteiger partial charge in [0.05, 0.1) is 5.52 Å². The van der Waals surface area contributed by atoms with Crippen LogP contribution in [0.2, 0.25) is 0 Å². The Balaban J connectivity index is 2.14. The maximum absolute atomic E-state index is 5.73. The molecular weight excluding hydrogens is 212 g/mol. The summed E-state index contributed by atoms with van der Waals surface area (Å²) < 4.78 is 0. The quantitative estimate of drug-likeness (QED) is 0.555. The highest BCUT2D eigenvalue weighted by Crippen LogP contribution is 2.26. The number of fused-ring (bicyclic) bond motifs is 1. The molecule has 0 aliphatic heterocycles. The summed E-state index contributed by atoms with van der Waals surface area (Å²) in [5.74, 6) is 0.531. The molecule has 0 aliphatic rings. The summed E-state index contributed by atoms with van der Waals surface area (Å²) in [5.41, 5.74) is 15.3. The second-order valence-corrected chi connectivity index (χ2v) is 3.99. The molecule has 1 aromatic heterocycles. The Labute approximate surface area is 98.2 Å². The van der Waals surface area contributed by atoms with Gasteiger partial charge in [-0.2, -0.15) is 5.10 Å². The van der Waals surface area contributed by atoms with Crippen LogP contribution in [-0.2, 0) is 0 Å². The number of rotatable bonds is 1. The average Bonchev–Trinajstić information content (AvgIpc) is 2.72. The van der Waals surface area contributed by atoms with Gasteiger partial charge in [0, 0.05) is 11.1 Å². The van der Waals surface area contributed by atoms with Crippen molar-refractivity contribution in [3.63, 3.8) is 0 Å². The van der Waals surface area contributed by atoms with Gasteiger partial charge < -0.3 is 11.5 Å². The van der Waals surface area contributed by atoms with Crippen LogP contribution in [0.25, 0.3) is 22.0 Å². The van der Waals surface area contributed by atoms with Gasteiger partial charge in [-0.05, 0) is 35.4 Å². The molecule has 0 amide bonds. The smallest absolute Gasteiger partial charge is 0.153 e. The van der Waals surface area contributed by atoms with Crippen LogP contribution in [0, 0.1) is 0 Å². The highest BCUT2D eigenvalue weighted by atomic mass is 15.1. The number of aromatic nitrogens is 2. The first kappa shape index (κ1) is 9.72. The van der Waals surface area contributed by atoms with Crippen molar-refractivity contribution >= 4 is 22.4 Å². The van der Waals surface area contributed by atoms with E-state index in [1.165, 1.54) is 0 Å². The largest absolute Gasteiger partial charge is 0.399 e. The zero-order chi connectivity index (χ0) is 11.8. The first-order valence-corrected chi connectivity index (χ1v) is 5.33. The van der Waals surface area contributed by atoms with Gasteiger partial charge in [-0.15, -0.1) is 0 Å². The Morgan fingerprint density at radius 1 is 0.882 bits per heavy atom. The summed E-state index contributed by atoms with van der Waals surface area (Å²) in [7, 11) is 0. The molecule has 17 heavy (non-hydrogen) atoms. The molecule has 2 aromatic carbocycles. The molecule has 0 radical (unpaired) electrons. The van der Waals surface area contributed by atoms with E-state index >= 15 is 0 Å². The van der Waals surface area contributed by atoms with E-state index in [-0.39, 0.29) is 0 Å². The summed E-state index contributed by atoms with van der Waals surface area (Å²) in [5, 5.41) is 7.84. The Kier molecular flexibility index (Phi) is 2.01. The second kappa shape index (κ2) is 3.52. The lowest BCUT2D eigenvalue weighted by atomic mass is 10.0. The third kappa shape index (κ3) is 1.59. The normalized spacial score (nSPS) is 10.8. The van der Waals surface area contributed by atoms with Crippen molar-refractivity contribution in [3.05, 3.63) is 42.5 Å². The number of aromatic amines is 1. The molecule has 0 atom stereocenters. The van der Waals surface area contributed by atoms with E-state index in [0.29, 0.717) is 5.82 Å². The minimum absolute atomic E-state index is 0.531. The fraction of sp³-hybridized carbons (Fsp3) is 0.